The van der Waals surface area contributed by atoms with Crippen LogP contribution in [-0.4, -0.2) is 23.8 Å². The zero-order chi connectivity index (χ0) is 11.8. The third-order valence-electron chi connectivity index (χ3n) is 2.42. The molecule has 0 atom stereocenters. The molecule has 16 heavy (non-hydrogen) atoms. The van der Waals surface area contributed by atoms with Gasteiger partial charge in [0, 0.05) is 26.1 Å². The minimum Gasteiger partial charge on any atom is -0.300 e. The normalized spacial score (nSPS) is 10.4. The van der Waals surface area contributed by atoms with Crippen LogP contribution in [0.15, 0.2) is 43.0 Å². The first-order valence-electron chi connectivity index (χ1n) is 5.59. The Labute approximate surface area is 97.6 Å². The van der Waals surface area contributed by atoms with Crippen LogP contribution in [0, 0.1) is 0 Å². The largest absolute Gasteiger partial charge is 0.300 e. The van der Waals surface area contributed by atoms with Gasteiger partial charge in [0.25, 0.3) is 0 Å². The number of ketones is 1. The molecule has 0 heterocycles. The molecule has 0 bridgehead atoms. The fraction of sp³-hybridized carbons (Fsp3) is 0.357. The highest BCUT2D eigenvalue weighted by molar-refractivity contribution is 5.75. The third-order valence-corrected chi connectivity index (χ3v) is 2.42. The molecule has 1 aromatic carbocycles. The molecule has 1 aromatic rings. The van der Waals surface area contributed by atoms with E-state index < -0.39 is 0 Å². The number of carbonyl (C=O) groups excluding carboxylic acids is 1. The average molecular weight is 217 g/mol. The van der Waals surface area contributed by atoms with Gasteiger partial charge in [0.05, 0.1) is 0 Å². The minimum absolute atomic E-state index is 0.238. The summed E-state index contributed by atoms with van der Waals surface area (Å²) in [6.45, 7) is 7.87. The van der Waals surface area contributed by atoms with Gasteiger partial charge < -0.3 is 0 Å². The van der Waals surface area contributed by atoms with Crippen LogP contribution in [0.25, 0.3) is 0 Å². The molecule has 86 valence electrons. The van der Waals surface area contributed by atoms with E-state index in [2.05, 4.69) is 23.6 Å². The van der Waals surface area contributed by atoms with Crippen molar-refractivity contribution in [1.82, 2.24) is 4.90 Å². The van der Waals surface area contributed by atoms with E-state index in [4.69, 9.17) is 0 Å². The molecular weight excluding hydrogens is 198 g/mol. The minimum atomic E-state index is 0.238. The van der Waals surface area contributed by atoms with E-state index in [-0.39, 0.29) is 5.78 Å². The molecule has 0 radical (unpaired) electrons. The van der Waals surface area contributed by atoms with Gasteiger partial charge in [-0.3, -0.25) is 9.69 Å². The predicted octanol–water partition coefficient (Wildman–Crippen LogP) is 2.65. The van der Waals surface area contributed by atoms with E-state index in [0.29, 0.717) is 6.42 Å². The molecule has 2 heteroatoms. The van der Waals surface area contributed by atoms with Crippen LogP contribution in [-0.2, 0) is 11.3 Å². The summed E-state index contributed by atoms with van der Waals surface area (Å²) in [6, 6.07) is 10.3. The molecule has 0 saturated heterocycles. The average Bonchev–Trinajstić information content (AvgIpc) is 2.27. The predicted molar refractivity (Wildman–Crippen MR) is 67.2 cm³/mol. The second kappa shape index (κ2) is 6.96. The highest BCUT2D eigenvalue weighted by Crippen LogP contribution is 2.05. The van der Waals surface area contributed by atoms with Crippen LogP contribution in [0.1, 0.15) is 18.9 Å². The molecule has 0 aliphatic heterocycles. The molecule has 0 unspecified atom stereocenters. The van der Waals surface area contributed by atoms with Crippen LogP contribution >= 0.6 is 0 Å². The van der Waals surface area contributed by atoms with Crippen LogP contribution < -0.4 is 0 Å². The van der Waals surface area contributed by atoms with E-state index in [0.717, 1.165) is 19.6 Å². The van der Waals surface area contributed by atoms with Crippen molar-refractivity contribution in [2.45, 2.75) is 19.9 Å². The maximum Gasteiger partial charge on any atom is 0.131 e. The molecule has 1 rings (SSSR count). The first-order valence-corrected chi connectivity index (χ1v) is 5.59. The lowest BCUT2D eigenvalue weighted by Gasteiger charge is -2.19. The number of Topliss-reactive ketones (excluding diaryl/α,β-unsaturated/α-hetero) is 1. The summed E-state index contributed by atoms with van der Waals surface area (Å²) >= 11 is 0. The Kier molecular flexibility index (Phi) is 5.51. The lowest BCUT2D eigenvalue weighted by molar-refractivity contribution is -0.117. The standard InChI is InChI=1S/C14H19NO/c1-3-10-15(11-9-13(2)16)12-14-7-5-4-6-8-14/h3-8H,1,9-12H2,2H3. The monoisotopic (exact) mass is 217 g/mol. The van der Waals surface area contributed by atoms with E-state index >= 15 is 0 Å². The Morgan fingerprint density at radius 1 is 1.38 bits per heavy atom. The van der Waals surface area contributed by atoms with Crippen molar-refractivity contribution in [1.29, 1.82) is 0 Å². The Morgan fingerprint density at radius 3 is 2.62 bits per heavy atom. The number of hydrogen-bond donors (Lipinski definition) is 0. The zero-order valence-electron chi connectivity index (χ0n) is 9.86. The summed E-state index contributed by atoms with van der Waals surface area (Å²) in [6.07, 6.45) is 2.49. The molecule has 0 aliphatic rings. The van der Waals surface area contributed by atoms with E-state index in [1.807, 2.05) is 24.3 Å². The maximum absolute atomic E-state index is 11.0. The summed E-state index contributed by atoms with van der Waals surface area (Å²) < 4.78 is 0. The lowest BCUT2D eigenvalue weighted by Crippen LogP contribution is -2.25. The van der Waals surface area contributed by atoms with E-state index in [9.17, 15) is 4.79 Å². The van der Waals surface area contributed by atoms with Gasteiger partial charge in [0.15, 0.2) is 0 Å². The summed E-state index contributed by atoms with van der Waals surface area (Å²) in [5.74, 6) is 0.238. The highest BCUT2D eigenvalue weighted by Gasteiger charge is 2.05. The van der Waals surface area contributed by atoms with Gasteiger partial charge >= 0.3 is 0 Å². The highest BCUT2D eigenvalue weighted by atomic mass is 16.1. The fourth-order valence-corrected chi connectivity index (χ4v) is 1.57. The van der Waals surface area contributed by atoms with Crippen LogP contribution in [0.2, 0.25) is 0 Å². The van der Waals surface area contributed by atoms with Crippen molar-refractivity contribution in [2.24, 2.45) is 0 Å². The summed E-state index contributed by atoms with van der Waals surface area (Å²) in [5.41, 5.74) is 1.27. The quantitative estimate of drug-likeness (QED) is 0.654. The van der Waals surface area contributed by atoms with E-state index in [1.165, 1.54) is 5.56 Å². The molecule has 0 amide bonds. The van der Waals surface area contributed by atoms with Gasteiger partial charge in [-0.15, -0.1) is 6.58 Å². The molecule has 0 aliphatic carbocycles. The molecule has 0 fully saturated rings. The second-order valence-corrected chi connectivity index (χ2v) is 3.96. The van der Waals surface area contributed by atoms with Gasteiger partial charge in [0.2, 0.25) is 0 Å². The van der Waals surface area contributed by atoms with Crippen molar-refractivity contribution in [3.63, 3.8) is 0 Å². The van der Waals surface area contributed by atoms with Gasteiger partial charge in [-0.05, 0) is 12.5 Å². The third kappa shape index (κ3) is 4.89. The molecular formula is C14H19NO. The van der Waals surface area contributed by atoms with Gasteiger partial charge in [-0.2, -0.15) is 0 Å². The van der Waals surface area contributed by atoms with Crippen molar-refractivity contribution < 1.29 is 4.79 Å². The number of rotatable bonds is 7. The van der Waals surface area contributed by atoms with Gasteiger partial charge in [0.1, 0.15) is 5.78 Å². The molecule has 0 saturated carbocycles. The fourth-order valence-electron chi connectivity index (χ4n) is 1.57. The number of carbonyl (C=O) groups is 1. The number of nitrogens with zero attached hydrogens (tertiary/aromatic N) is 1. The van der Waals surface area contributed by atoms with Crippen molar-refractivity contribution in [2.75, 3.05) is 13.1 Å². The number of benzene rings is 1. The van der Waals surface area contributed by atoms with Crippen molar-refractivity contribution in [3.05, 3.63) is 48.6 Å². The lowest BCUT2D eigenvalue weighted by atomic mass is 10.2. The molecule has 0 N–H and O–H groups in total. The van der Waals surface area contributed by atoms with Crippen LogP contribution in [0.3, 0.4) is 0 Å². The van der Waals surface area contributed by atoms with Gasteiger partial charge in [-0.25, -0.2) is 0 Å². The Hall–Kier alpha value is -1.41. The summed E-state index contributed by atoms with van der Waals surface area (Å²) in [5, 5.41) is 0. The maximum atomic E-state index is 11.0. The van der Waals surface area contributed by atoms with Crippen molar-refractivity contribution >= 4 is 5.78 Å². The number of hydrogen-bond acceptors (Lipinski definition) is 2. The topological polar surface area (TPSA) is 20.3 Å². The second-order valence-electron chi connectivity index (χ2n) is 3.96. The molecule has 0 spiro atoms. The van der Waals surface area contributed by atoms with Crippen LogP contribution in [0.5, 0.6) is 0 Å². The first kappa shape index (κ1) is 12.7. The Morgan fingerprint density at radius 2 is 2.06 bits per heavy atom. The van der Waals surface area contributed by atoms with Crippen molar-refractivity contribution in [3.8, 4) is 0 Å². The summed E-state index contributed by atoms with van der Waals surface area (Å²) in [4.78, 5) is 13.2. The zero-order valence-corrected chi connectivity index (χ0v) is 9.86. The Bertz CT molecular complexity index is 332. The molecule has 0 aromatic heterocycles. The van der Waals surface area contributed by atoms with E-state index in [1.54, 1.807) is 6.92 Å². The summed E-state index contributed by atoms with van der Waals surface area (Å²) in [7, 11) is 0. The van der Waals surface area contributed by atoms with Gasteiger partial charge in [-0.1, -0.05) is 36.4 Å². The smallest absolute Gasteiger partial charge is 0.131 e. The van der Waals surface area contributed by atoms with Crippen LogP contribution in [0.4, 0.5) is 0 Å². The SMILES string of the molecule is C=CCN(CCC(C)=O)Cc1ccccc1. The Balaban J connectivity index is 2.50. The first-order chi connectivity index (χ1) is 7.72. The molecule has 2 nitrogen and oxygen atoms in total.